The minimum absolute atomic E-state index is 0.254. The summed E-state index contributed by atoms with van der Waals surface area (Å²) in [6.45, 7) is 10.8. The third kappa shape index (κ3) is 7.91. The van der Waals surface area contributed by atoms with Gasteiger partial charge in [-0.2, -0.15) is 5.26 Å². The van der Waals surface area contributed by atoms with E-state index in [4.69, 9.17) is 35.5 Å². The van der Waals surface area contributed by atoms with Crippen LogP contribution in [0.2, 0.25) is 0 Å². The molecule has 7 heteroatoms. The van der Waals surface area contributed by atoms with Gasteiger partial charge in [0.25, 0.3) is 0 Å². The second-order valence-electron chi connectivity index (χ2n) is 4.55. The fourth-order valence-electron chi connectivity index (χ4n) is 1.74. The molecule has 0 radical (unpaired) electrons. The van der Waals surface area contributed by atoms with Crippen molar-refractivity contribution in [1.29, 1.82) is 5.26 Å². The highest BCUT2D eigenvalue weighted by atomic mass is 16.6. The van der Waals surface area contributed by atoms with Gasteiger partial charge in [0.2, 0.25) is 5.69 Å². The Kier molecular flexibility index (Phi) is 11.0. The number of benzene rings is 1. The normalized spacial score (nSPS) is 10.1. The molecule has 0 fully saturated rings. The van der Waals surface area contributed by atoms with Gasteiger partial charge in [0.1, 0.15) is 17.9 Å². The molecule has 1 aromatic carbocycles. The Balaban J connectivity index is 2.05. The van der Waals surface area contributed by atoms with Gasteiger partial charge < -0.3 is 23.7 Å². The summed E-state index contributed by atoms with van der Waals surface area (Å²) in [5, 5.41) is 9.08. The van der Waals surface area contributed by atoms with Crippen LogP contribution in [0.3, 0.4) is 0 Å². The lowest BCUT2D eigenvalue weighted by atomic mass is 10.2. The van der Waals surface area contributed by atoms with E-state index in [-0.39, 0.29) is 11.3 Å². The van der Waals surface area contributed by atoms with Crippen LogP contribution >= 0.6 is 0 Å². The molecule has 0 saturated carbocycles. The van der Waals surface area contributed by atoms with Crippen molar-refractivity contribution in [3.63, 3.8) is 0 Å². The smallest absolute Gasteiger partial charge is 0.208 e. The Morgan fingerprint density at radius 1 is 0.958 bits per heavy atom. The Morgan fingerprint density at radius 2 is 1.54 bits per heavy atom. The van der Waals surface area contributed by atoms with Crippen molar-refractivity contribution in [1.82, 2.24) is 0 Å². The fourth-order valence-corrected chi connectivity index (χ4v) is 1.74. The lowest BCUT2D eigenvalue weighted by Crippen LogP contribution is -2.13. The van der Waals surface area contributed by atoms with Gasteiger partial charge in [-0.15, -0.1) is 0 Å². The zero-order chi connectivity index (χ0) is 17.5. The molecule has 130 valence electrons. The molecular weight excluding hydrogens is 312 g/mol. The molecule has 0 aliphatic carbocycles. The highest BCUT2D eigenvalue weighted by Gasteiger charge is 2.08. The van der Waals surface area contributed by atoms with Gasteiger partial charge in [0.15, 0.2) is 0 Å². The number of rotatable bonds is 13. The van der Waals surface area contributed by atoms with E-state index in [2.05, 4.69) is 4.85 Å². The topological polar surface area (TPSA) is 74.3 Å². The van der Waals surface area contributed by atoms with Crippen LogP contribution in [0.5, 0.6) is 5.75 Å². The first kappa shape index (κ1) is 19.9. The predicted molar refractivity (Wildman–Crippen MR) is 87.2 cm³/mol. The van der Waals surface area contributed by atoms with E-state index in [9.17, 15) is 0 Å². The molecule has 1 aromatic rings. The SMILES string of the molecule is [C-]#[N+]c1cccc(OCCOCCOCCOCCOC)c1C#N. The van der Waals surface area contributed by atoms with E-state index in [1.54, 1.807) is 25.3 Å². The molecule has 0 spiro atoms. The van der Waals surface area contributed by atoms with Gasteiger partial charge in [-0.3, -0.25) is 0 Å². The summed E-state index contributed by atoms with van der Waals surface area (Å²) < 4.78 is 26.3. The largest absolute Gasteiger partial charge is 0.491 e. The highest BCUT2D eigenvalue weighted by Crippen LogP contribution is 2.27. The number of nitrogens with zero attached hydrogens (tertiary/aromatic N) is 2. The van der Waals surface area contributed by atoms with Crippen molar-refractivity contribution in [2.45, 2.75) is 0 Å². The molecule has 0 aliphatic heterocycles. The zero-order valence-corrected chi connectivity index (χ0v) is 13.8. The quantitative estimate of drug-likeness (QED) is 0.407. The van der Waals surface area contributed by atoms with Crippen LogP contribution < -0.4 is 4.74 Å². The molecule has 0 bridgehead atoms. The molecule has 0 amide bonds. The predicted octanol–water partition coefficient (Wildman–Crippen LogP) is 2.18. The number of hydrogen-bond donors (Lipinski definition) is 0. The number of methoxy groups -OCH3 is 1. The molecule has 0 atom stereocenters. The van der Waals surface area contributed by atoms with Crippen LogP contribution in [-0.4, -0.2) is 60.0 Å². The third-order valence-electron chi connectivity index (χ3n) is 2.90. The van der Waals surface area contributed by atoms with Crippen LogP contribution in [0, 0.1) is 17.9 Å². The fraction of sp³-hybridized carbons (Fsp3) is 0.529. The first-order valence-corrected chi connectivity index (χ1v) is 7.59. The molecule has 0 unspecified atom stereocenters. The number of nitriles is 1. The van der Waals surface area contributed by atoms with Gasteiger partial charge in [-0.25, -0.2) is 4.85 Å². The Hall–Kier alpha value is -2.16. The van der Waals surface area contributed by atoms with Gasteiger partial charge in [0.05, 0.1) is 58.9 Å². The zero-order valence-electron chi connectivity index (χ0n) is 13.8. The monoisotopic (exact) mass is 334 g/mol. The van der Waals surface area contributed by atoms with E-state index in [0.29, 0.717) is 58.6 Å². The summed E-state index contributed by atoms with van der Waals surface area (Å²) in [6.07, 6.45) is 0. The lowest BCUT2D eigenvalue weighted by molar-refractivity contribution is 0.000157. The van der Waals surface area contributed by atoms with E-state index >= 15 is 0 Å². The van der Waals surface area contributed by atoms with Gasteiger partial charge in [0, 0.05) is 7.11 Å². The summed E-state index contributed by atoms with van der Waals surface area (Å²) in [7, 11) is 1.63. The second kappa shape index (κ2) is 13.3. The summed E-state index contributed by atoms with van der Waals surface area (Å²) in [6, 6.07) is 6.93. The summed E-state index contributed by atoms with van der Waals surface area (Å²) in [5.41, 5.74) is 0.543. The molecule has 0 N–H and O–H groups in total. The maximum absolute atomic E-state index is 9.08. The maximum atomic E-state index is 9.08. The van der Waals surface area contributed by atoms with Gasteiger partial charge in [-0.1, -0.05) is 12.1 Å². The number of ether oxygens (including phenoxy) is 5. The van der Waals surface area contributed by atoms with Crippen molar-refractivity contribution in [3.8, 4) is 11.8 Å². The third-order valence-corrected chi connectivity index (χ3v) is 2.90. The van der Waals surface area contributed by atoms with Crippen molar-refractivity contribution in [3.05, 3.63) is 35.2 Å². The summed E-state index contributed by atoms with van der Waals surface area (Å²) in [4.78, 5) is 3.29. The van der Waals surface area contributed by atoms with E-state index in [1.807, 2.05) is 6.07 Å². The van der Waals surface area contributed by atoms with Crippen molar-refractivity contribution in [2.75, 3.05) is 60.0 Å². The first-order valence-electron chi connectivity index (χ1n) is 7.59. The van der Waals surface area contributed by atoms with E-state index in [0.717, 1.165) is 0 Å². The molecule has 0 aliphatic rings. The summed E-state index contributed by atoms with van der Waals surface area (Å²) >= 11 is 0. The van der Waals surface area contributed by atoms with E-state index in [1.165, 1.54) is 0 Å². The van der Waals surface area contributed by atoms with Gasteiger partial charge in [-0.05, 0) is 6.07 Å². The average Bonchev–Trinajstić information content (AvgIpc) is 2.62. The van der Waals surface area contributed by atoms with Crippen molar-refractivity contribution < 1.29 is 23.7 Å². The van der Waals surface area contributed by atoms with Crippen LogP contribution in [-0.2, 0) is 18.9 Å². The molecule has 0 heterocycles. The van der Waals surface area contributed by atoms with Crippen molar-refractivity contribution >= 4 is 5.69 Å². The molecule has 0 aromatic heterocycles. The standard InChI is InChI=1S/C17H22N2O5/c1-19-16-4-3-5-17(15(16)14-18)24-13-12-23-11-10-22-9-8-21-7-6-20-2/h3-5H,6-13H2,2H3. The Bertz CT molecular complexity index is 551. The van der Waals surface area contributed by atoms with Gasteiger partial charge >= 0.3 is 0 Å². The minimum Gasteiger partial charge on any atom is -0.491 e. The minimum atomic E-state index is 0.254. The molecule has 7 nitrogen and oxygen atoms in total. The van der Waals surface area contributed by atoms with Crippen LogP contribution in [0.4, 0.5) is 5.69 Å². The van der Waals surface area contributed by atoms with Crippen LogP contribution in [0.1, 0.15) is 5.56 Å². The number of hydrogen-bond acceptors (Lipinski definition) is 6. The van der Waals surface area contributed by atoms with Crippen molar-refractivity contribution in [2.24, 2.45) is 0 Å². The highest BCUT2D eigenvalue weighted by molar-refractivity contribution is 5.64. The molecule has 24 heavy (non-hydrogen) atoms. The molecule has 1 rings (SSSR count). The summed E-state index contributed by atoms with van der Waals surface area (Å²) in [5.74, 6) is 0.402. The van der Waals surface area contributed by atoms with Crippen LogP contribution in [0.15, 0.2) is 18.2 Å². The second-order valence-corrected chi connectivity index (χ2v) is 4.55. The first-order chi connectivity index (χ1) is 11.8. The van der Waals surface area contributed by atoms with E-state index < -0.39 is 0 Å². The lowest BCUT2D eigenvalue weighted by Gasteiger charge is -2.09. The van der Waals surface area contributed by atoms with Crippen LogP contribution in [0.25, 0.3) is 4.85 Å². The average molecular weight is 334 g/mol. The molecule has 0 saturated heterocycles. The maximum Gasteiger partial charge on any atom is 0.208 e. The molecular formula is C17H22N2O5. The Labute approximate surface area is 142 Å². The Morgan fingerprint density at radius 3 is 2.08 bits per heavy atom.